The Kier molecular flexibility index (Phi) is 5.53. The van der Waals surface area contributed by atoms with Crippen LogP contribution in [-0.4, -0.2) is 34.1 Å². The molecule has 0 aliphatic carbocycles. The fraction of sp³-hybridized carbons (Fsp3) is 0.217. The molecule has 4 aromatic rings. The van der Waals surface area contributed by atoms with Gasteiger partial charge in [0.2, 0.25) is 11.7 Å². The molecule has 4 rings (SSSR count). The van der Waals surface area contributed by atoms with Crippen molar-refractivity contribution in [3.05, 3.63) is 75.9 Å². The molecule has 0 bridgehead atoms. The maximum absolute atomic E-state index is 12.4. The molecule has 2 aromatic carbocycles. The molecule has 8 nitrogen and oxygen atoms in total. The molecule has 0 spiro atoms. The fourth-order valence-corrected chi connectivity index (χ4v) is 3.16. The molecule has 0 saturated carbocycles. The van der Waals surface area contributed by atoms with Crippen LogP contribution in [0.2, 0.25) is 0 Å². The molecule has 0 atom stereocenters. The van der Waals surface area contributed by atoms with E-state index < -0.39 is 0 Å². The van der Waals surface area contributed by atoms with E-state index in [2.05, 4.69) is 22.2 Å². The van der Waals surface area contributed by atoms with Crippen LogP contribution in [0.25, 0.3) is 22.6 Å². The van der Waals surface area contributed by atoms with Gasteiger partial charge in [-0.3, -0.25) is 4.79 Å². The minimum atomic E-state index is -0.255. The zero-order valence-corrected chi connectivity index (χ0v) is 17.7. The highest BCUT2D eigenvalue weighted by Gasteiger charge is 2.15. The van der Waals surface area contributed by atoms with Crippen LogP contribution in [-0.2, 0) is 6.54 Å². The van der Waals surface area contributed by atoms with Crippen molar-refractivity contribution >= 4 is 0 Å². The smallest absolute Gasteiger partial charge is 0.267 e. The molecule has 0 amide bonds. The van der Waals surface area contributed by atoms with Gasteiger partial charge in [0.15, 0.2) is 0 Å². The second kappa shape index (κ2) is 8.43. The van der Waals surface area contributed by atoms with Crippen LogP contribution in [0.15, 0.2) is 57.8 Å². The van der Waals surface area contributed by atoms with Crippen molar-refractivity contribution in [2.45, 2.75) is 20.4 Å². The Morgan fingerprint density at radius 1 is 0.968 bits per heavy atom. The first kappa shape index (κ1) is 20.3. The number of hydrogen-bond donors (Lipinski definition) is 0. The Morgan fingerprint density at radius 2 is 1.81 bits per heavy atom. The van der Waals surface area contributed by atoms with Crippen molar-refractivity contribution in [2.75, 3.05) is 14.2 Å². The summed E-state index contributed by atoms with van der Waals surface area (Å²) in [6, 6.07) is 14.6. The zero-order chi connectivity index (χ0) is 22.0. The second-order valence-electron chi connectivity index (χ2n) is 7.09. The highest BCUT2D eigenvalue weighted by Crippen LogP contribution is 2.31. The lowest BCUT2D eigenvalue weighted by Crippen LogP contribution is -2.23. The van der Waals surface area contributed by atoms with E-state index in [1.165, 1.54) is 16.3 Å². The Labute approximate surface area is 179 Å². The van der Waals surface area contributed by atoms with E-state index in [0.29, 0.717) is 28.6 Å². The monoisotopic (exact) mass is 418 g/mol. The third-order valence-electron chi connectivity index (χ3n) is 5.07. The van der Waals surface area contributed by atoms with E-state index in [0.717, 1.165) is 11.1 Å². The molecule has 0 saturated heterocycles. The highest BCUT2D eigenvalue weighted by molar-refractivity contribution is 5.65. The third kappa shape index (κ3) is 4.18. The van der Waals surface area contributed by atoms with Crippen molar-refractivity contribution in [2.24, 2.45) is 0 Å². The molecule has 0 unspecified atom stereocenters. The van der Waals surface area contributed by atoms with Gasteiger partial charge in [-0.15, -0.1) is 0 Å². The molecule has 0 fully saturated rings. The number of aromatic nitrogens is 4. The number of methoxy groups -OCH3 is 2. The Hall–Kier alpha value is -3.94. The van der Waals surface area contributed by atoms with Crippen LogP contribution in [0.3, 0.4) is 0 Å². The van der Waals surface area contributed by atoms with Crippen molar-refractivity contribution in [3.63, 3.8) is 0 Å². The zero-order valence-electron chi connectivity index (χ0n) is 17.7. The van der Waals surface area contributed by atoms with Crippen molar-refractivity contribution in [1.29, 1.82) is 0 Å². The first-order chi connectivity index (χ1) is 15.0. The second-order valence-corrected chi connectivity index (χ2v) is 7.09. The van der Waals surface area contributed by atoms with Gasteiger partial charge in [0.1, 0.15) is 18.0 Å². The molecule has 0 N–H and O–H groups in total. The van der Waals surface area contributed by atoms with Gasteiger partial charge >= 0.3 is 0 Å². The summed E-state index contributed by atoms with van der Waals surface area (Å²) in [6.07, 6.45) is 0. The predicted molar refractivity (Wildman–Crippen MR) is 115 cm³/mol. The molecule has 8 heteroatoms. The van der Waals surface area contributed by atoms with Gasteiger partial charge in [0.05, 0.1) is 25.5 Å². The first-order valence-corrected chi connectivity index (χ1v) is 9.69. The summed E-state index contributed by atoms with van der Waals surface area (Å²) < 4.78 is 17.3. The van der Waals surface area contributed by atoms with Gasteiger partial charge in [-0.05, 0) is 49.2 Å². The van der Waals surface area contributed by atoms with Crippen LogP contribution in [0.5, 0.6) is 11.5 Å². The van der Waals surface area contributed by atoms with E-state index in [-0.39, 0.29) is 18.0 Å². The first-order valence-electron chi connectivity index (χ1n) is 9.69. The lowest BCUT2D eigenvalue weighted by molar-refractivity contribution is 0.363. The quantitative estimate of drug-likeness (QED) is 0.472. The largest absolute Gasteiger partial charge is 0.497 e. The van der Waals surface area contributed by atoms with Crippen LogP contribution >= 0.6 is 0 Å². The number of benzene rings is 2. The summed E-state index contributed by atoms with van der Waals surface area (Å²) >= 11 is 0. The van der Waals surface area contributed by atoms with Crippen molar-refractivity contribution < 1.29 is 14.0 Å². The number of aryl methyl sites for hydroxylation is 2. The molecule has 0 aliphatic rings. The maximum atomic E-state index is 12.4. The summed E-state index contributed by atoms with van der Waals surface area (Å²) in [6.45, 7) is 4.16. The van der Waals surface area contributed by atoms with Crippen LogP contribution in [0.4, 0.5) is 0 Å². The lowest BCUT2D eigenvalue weighted by Gasteiger charge is -2.07. The number of rotatable bonds is 6. The Morgan fingerprint density at radius 3 is 2.55 bits per heavy atom. The lowest BCUT2D eigenvalue weighted by atomic mass is 10.0. The average molecular weight is 418 g/mol. The summed E-state index contributed by atoms with van der Waals surface area (Å²) in [7, 11) is 3.14. The van der Waals surface area contributed by atoms with Crippen molar-refractivity contribution in [3.8, 4) is 34.1 Å². The van der Waals surface area contributed by atoms with Crippen LogP contribution in [0.1, 0.15) is 17.0 Å². The standard InChI is InChI=1S/C23H22N4O4/c1-14-5-6-16(11-15(14)2)19-9-10-22(28)27(25-19)13-21-24-23(26-31-21)18-8-7-17(29-3)12-20(18)30-4/h5-12H,13H2,1-4H3. The summed E-state index contributed by atoms with van der Waals surface area (Å²) in [4.78, 5) is 16.8. The van der Waals surface area contributed by atoms with Gasteiger partial charge < -0.3 is 14.0 Å². The number of ether oxygens (including phenoxy) is 2. The minimum Gasteiger partial charge on any atom is -0.497 e. The molecule has 158 valence electrons. The highest BCUT2D eigenvalue weighted by atomic mass is 16.5. The van der Waals surface area contributed by atoms with Crippen LogP contribution in [0, 0.1) is 13.8 Å². The molecular formula is C23H22N4O4. The topological polar surface area (TPSA) is 92.3 Å². The SMILES string of the molecule is COc1ccc(-c2noc(Cn3nc(-c4ccc(C)c(C)c4)ccc3=O)n2)c(OC)c1. The average Bonchev–Trinajstić information content (AvgIpc) is 3.25. The normalized spacial score (nSPS) is 10.8. The predicted octanol–water partition coefficient (Wildman–Crippen LogP) is 3.64. The Bertz CT molecular complexity index is 1290. The molecule has 0 radical (unpaired) electrons. The van der Waals surface area contributed by atoms with E-state index >= 15 is 0 Å². The summed E-state index contributed by atoms with van der Waals surface area (Å²) in [5, 5.41) is 8.51. The van der Waals surface area contributed by atoms with Gasteiger partial charge in [0.25, 0.3) is 5.56 Å². The fourth-order valence-electron chi connectivity index (χ4n) is 3.16. The molecular weight excluding hydrogens is 396 g/mol. The van der Waals surface area contributed by atoms with Gasteiger partial charge in [-0.2, -0.15) is 10.1 Å². The maximum Gasteiger partial charge on any atom is 0.267 e. The van der Waals surface area contributed by atoms with Gasteiger partial charge in [-0.1, -0.05) is 17.3 Å². The molecule has 0 aliphatic heterocycles. The van der Waals surface area contributed by atoms with Gasteiger partial charge in [0, 0.05) is 17.7 Å². The molecule has 2 heterocycles. The summed E-state index contributed by atoms with van der Waals surface area (Å²) in [5.74, 6) is 1.83. The van der Waals surface area contributed by atoms with Crippen molar-refractivity contribution in [1.82, 2.24) is 19.9 Å². The molecule has 31 heavy (non-hydrogen) atoms. The third-order valence-corrected chi connectivity index (χ3v) is 5.07. The van der Waals surface area contributed by atoms with E-state index in [9.17, 15) is 4.79 Å². The number of hydrogen-bond acceptors (Lipinski definition) is 7. The molecule has 2 aromatic heterocycles. The van der Waals surface area contributed by atoms with E-state index in [1.54, 1.807) is 38.5 Å². The van der Waals surface area contributed by atoms with E-state index in [4.69, 9.17) is 14.0 Å². The van der Waals surface area contributed by atoms with Gasteiger partial charge in [-0.25, -0.2) is 4.68 Å². The minimum absolute atomic E-state index is 0.0585. The Balaban J connectivity index is 1.63. The van der Waals surface area contributed by atoms with E-state index in [1.807, 2.05) is 25.1 Å². The summed E-state index contributed by atoms with van der Waals surface area (Å²) in [5.41, 5.74) is 4.39. The number of nitrogens with zero attached hydrogens (tertiary/aromatic N) is 4. The van der Waals surface area contributed by atoms with Crippen LogP contribution < -0.4 is 15.0 Å².